The zero-order valence-electron chi connectivity index (χ0n) is 13.6. The number of para-hydroxylation sites is 2. The van der Waals surface area contributed by atoms with Crippen LogP contribution in [0.4, 0.5) is 5.69 Å². The third-order valence-corrected chi connectivity index (χ3v) is 4.78. The van der Waals surface area contributed by atoms with Gasteiger partial charge in [0.05, 0.1) is 11.0 Å². The van der Waals surface area contributed by atoms with E-state index in [0.717, 1.165) is 35.2 Å². The van der Waals surface area contributed by atoms with Gasteiger partial charge >= 0.3 is 0 Å². The second-order valence-corrected chi connectivity index (χ2v) is 6.29. The molecule has 0 saturated heterocycles. The van der Waals surface area contributed by atoms with Crippen LogP contribution in [0.25, 0.3) is 16.7 Å². The maximum atomic E-state index is 12.2. The number of imidazole rings is 1. The lowest BCUT2D eigenvalue weighted by molar-refractivity contribution is -0.122. The van der Waals surface area contributed by atoms with Gasteiger partial charge in [0.15, 0.2) is 0 Å². The fourth-order valence-corrected chi connectivity index (χ4v) is 3.18. The first-order valence-corrected chi connectivity index (χ1v) is 8.25. The van der Waals surface area contributed by atoms with Gasteiger partial charge in [-0.05, 0) is 56.3 Å². The SMILES string of the molecule is CNC1CC(C(=O)Nc2ccc(-n3cnc4ccccc43)cc2)C1. The molecular formula is C19H20N4O. The van der Waals surface area contributed by atoms with E-state index in [0.29, 0.717) is 6.04 Å². The Morgan fingerprint density at radius 1 is 1.12 bits per heavy atom. The number of rotatable bonds is 4. The van der Waals surface area contributed by atoms with E-state index in [-0.39, 0.29) is 11.8 Å². The molecule has 2 aromatic carbocycles. The molecule has 1 aromatic heterocycles. The number of carbonyl (C=O) groups excluding carboxylic acids is 1. The molecule has 4 rings (SSSR count). The molecule has 3 aromatic rings. The number of carbonyl (C=O) groups is 1. The lowest BCUT2D eigenvalue weighted by Gasteiger charge is -2.33. The lowest BCUT2D eigenvalue weighted by Crippen LogP contribution is -2.44. The summed E-state index contributed by atoms with van der Waals surface area (Å²) in [5, 5.41) is 6.21. The molecule has 0 atom stereocenters. The molecule has 1 amide bonds. The number of benzene rings is 2. The first-order chi connectivity index (χ1) is 11.7. The van der Waals surface area contributed by atoms with Gasteiger partial charge in [0.25, 0.3) is 0 Å². The third kappa shape index (κ3) is 2.67. The molecule has 24 heavy (non-hydrogen) atoms. The Labute approximate surface area is 140 Å². The second-order valence-electron chi connectivity index (χ2n) is 6.29. The van der Waals surface area contributed by atoms with Crippen LogP contribution >= 0.6 is 0 Å². The van der Waals surface area contributed by atoms with Gasteiger partial charge in [-0.2, -0.15) is 0 Å². The summed E-state index contributed by atoms with van der Waals surface area (Å²) in [4.78, 5) is 16.6. The minimum absolute atomic E-state index is 0.113. The predicted octanol–water partition coefficient (Wildman–Crippen LogP) is 2.96. The van der Waals surface area contributed by atoms with E-state index in [1.165, 1.54) is 0 Å². The van der Waals surface area contributed by atoms with Crippen LogP contribution in [0.1, 0.15) is 12.8 Å². The summed E-state index contributed by atoms with van der Waals surface area (Å²) in [6.07, 6.45) is 3.66. The van der Waals surface area contributed by atoms with E-state index < -0.39 is 0 Å². The summed E-state index contributed by atoms with van der Waals surface area (Å²) in [5.74, 6) is 0.238. The Morgan fingerprint density at radius 2 is 1.88 bits per heavy atom. The molecule has 0 bridgehead atoms. The molecule has 5 nitrogen and oxygen atoms in total. The highest BCUT2D eigenvalue weighted by molar-refractivity contribution is 5.93. The van der Waals surface area contributed by atoms with Gasteiger partial charge in [-0.3, -0.25) is 9.36 Å². The molecule has 0 radical (unpaired) electrons. The summed E-state index contributed by atoms with van der Waals surface area (Å²) in [5.41, 5.74) is 3.91. The van der Waals surface area contributed by atoms with Crippen LogP contribution in [-0.4, -0.2) is 28.5 Å². The van der Waals surface area contributed by atoms with E-state index in [1.54, 1.807) is 0 Å². The summed E-state index contributed by atoms with van der Waals surface area (Å²) in [7, 11) is 1.94. The summed E-state index contributed by atoms with van der Waals surface area (Å²) in [6.45, 7) is 0. The number of fused-ring (bicyclic) bond motifs is 1. The summed E-state index contributed by atoms with van der Waals surface area (Å²) in [6, 6.07) is 16.4. The van der Waals surface area contributed by atoms with E-state index in [9.17, 15) is 4.79 Å². The highest BCUT2D eigenvalue weighted by Crippen LogP contribution is 2.28. The van der Waals surface area contributed by atoms with Crippen LogP contribution in [0.5, 0.6) is 0 Å². The number of anilines is 1. The Kier molecular flexibility index (Phi) is 3.78. The van der Waals surface area contributed by atoms with E-state index >= 15 is 0 Å². The fraction of sp³-hybridized carbons (Fsp3) is 0.263. The summed E-state index contributed by atoms with van der Waals surface area (Å²) < 4.78 is 2.05. The molecule has 1 aliphatic rings. The quantitative estimate of drug-likeness (QED) is 0.777. The number of hydrogen-bond donors (Lipinski definition) is 2. The predicted molar refractivity (Wildman–Crippen MR) is 95.3 cm³/mol. The molecule has 0 unspecified atom stereocenters. The van der Waals surface area contributed by atoms with Crippen molar-refractivity contribution in [3.63, 3.8) is 0 Å². The molecule has 1 aliphatic carbocycles. The monoisotopic (exact) mass is 320 g/mol. The first kappa shape index (κ1) is 14.9. The van der Waals surface area contributed by atoms with E-state index in [1.807, 2.05) is 66.5 Å². The van der Waals surface area contributed by atoms with E-state index in [4.69, 9.17) is 0 Å². The fourth-order valence-electron chi connectivity index (χ4n) is 3.18. The molecule has 1 fully saturated rings. The Balaban J connectivity index is 1.48. The topological polar surface area (TPSA) is 59.0 Å². The van der Waals surface area contributed by atoms with Gasteiger partial charge in [0.1, 0.15) is 6.33 Å². The maximum Gasteiger partial charge on any atom is 0.227 e. The van der Waals surface area contributed by atoms with Crippen LogP contribution < -0.4 is 10.6 Å². The molecular weight excluding hydrogens is 300 g/mol. The van der Waals surface area contributed by atoms with E-state index in [2.05, 4.69) is 15.6 Å². The number of hydrogen-bond acceptors (Lipinski definition) is 3. The van der Waals surface area contributed by atoms with Crippen molar-refractivity contribution in [2.75, 3.05) is 12.4 Å². The first-order valence-electron chi connectivity index (χ1n) is 8.25. The minimum Gasteiger partial charge on any atom is -0.326 e. The number of amides is 1. The zero-order chi connectivity index (χ0) is 16.5. The molecule has 2 N–H and O–H groups in total. The van der Waals surface area contributed by atoms with Gasteiger partial charge < -0.3 is 10.6 Å². The van der Waals surface area contributed by atoms with Crippen molar-refractivity contribution in [2.45, 2.75) is 18.9 Å². The molecule has 1 saturated carbocycles. The van der Waals surface area contributed by atoms with Crippen LogP contribution in [0, 0.1) is 5.92 Å². The van der Waals surface area contributed by atoms with Crippen molar-refractivity contribution in [3.05, 3.63) is 54.9 Å². The minimum atomic E-state index is 0.113. The van der Waals surface area contributed by atoms with Crippen molar-refractivity contribution in [1.82, 2.24) is 14.9 Å². The van der Waals surface area contributed by atoms with Gasteiger partial charge in [-0.25, -0.2) is 4.98 Å². The van der Waals surface area contributed by atoms with Crippen LogP contribution in [-0.2, 0) is 4.79 Å². The Bertz CT molecular complexity index is 862. The Morgan fingerprint density at radius 3 is 2.62 bits per heavy atom. The molecule has 1 heterocycles. The van der Waals surface area contributed by atoms with Crippen molar-refractivity contribution in [2.24, 2.45) is 5.92 Å². The lowest BCUT2D eigenvalue weighted by atomic mass is 9.80. The maximum absolute atomic E-state index is 12.2. The molecule has 5 heteroatoms. The molecule has 0 aliphatic heterocycles. The normalized spacial score (nSPS) is 19.9. The van der Waals surface area contributed by atoms with Crippen LogP contribution in [0.2, 0.25) is 0 Å². The average Bonchev–Trinajstić information content (AvgIpc) is 2.99. The zero-order valence-corrected chi connectivity index (χ0v) is 13.6. The second kappa shape index (κ2) is 6.09. The number of aromatic nitrogens is 2. The van der Waals surface area contributed by atoms with Gasteiger partial charge in [-0.15, -0.1) is 0 Å². The third-order valence-electron chi connectivity index (χ3n) is 4.78. The smallest absolute Gasteiger partial charge is 0.227 e. The average molecular weight is 320 g/mol. The number of nitrogens with one attached hydrogen (secondary N) is 2. The Hall–Kier alpha value is -2.66. The summed E-state index contributed by atoms with van der Waals surface area (Å²) >= 11 is 0. The van der Waals surface area contributed by atoms with Crippen molar-refractivity contribution >= 4 is 22.6 Å². The van der Waals surface area contributed by atoms with Gasteiger partial charge in [-0.1, -0.05) is 12.1 Å². The van der Waals surface area contributed by atoms with Crippen molar-refractivity contribution in [1.29, 1.82) is 0 Å². The largest absolute Gasteiger partial charge is 0.326 e. The van der Waals surface area contributed by atoms with Crippen LogP contribution in [0.3, 0.4) is 0 Å². The van der Waals surface area contributed by atoms with Gasteiger partial charge in [0.2, 0.25) is 5.91 Å². The number of nitrogens with zero attached hydrogens (tertiary/aromatic N) is 2. The van der Waals surface area contributed by atoms with Crippen molar-refractivity contribution in [3.8, 4) is 5.69 Å². The van der Waals surface area contributed by atoms with Crippen LogP contribution in [0.15, 0.2) is 54.9 Å². The highest BCUT2D eigenvalue weighted by atomic mass is 16.1. The van der Waals surface area contributed by atoms with Crippen molar-refractivity contribution < 1.29 is 4.79 Å². The highest BCUT2D eigenvalue weighted by Gasteiger charge is 2.33. The molecule has 122 valence electrons. The standard InChI is InChI=1S/C19H20N4O/c1-20-15-10-13(11-15)19(24)22-14-6-8-16(9-7-14)23-12-21-17-4-2-3-5-18(17)23/h2-9,12-13,15,20H,10-11H2,1H3,(H,22,24). The molecule has 0 spiro atoms. The van der Waals surface area contributed by atoms with Gasteiger partial charge in [0, 0.05) is 23.3 Å².